The van der Waals surface area contributed by atoms with E-state index in [0.717, 1.165) is 18.8 Å². The van der Waals surface area contributed by atoms with Crippen LogP contribution in [0.3, 0.4) is 0 Å². The molecule has 17 heavy (non-hydrogen) atoms. The number of nitrogen functional groups attached to an aromatic ring is 1. The second-order valence-electron chi connectivity index (χ2n) is 3.96. The highest BCUT2D eigenvalue weighted by molar-refractivity contribution is 5.69. The van der Waals surface area contributed by atoms with Crippen LogP contribution in [0.25, 0.3) is 0 Å². The third kappa shape index (κ3) is 2.82. The number of aliphatic carboxylic acids is 1. The van der Waals surface area contributed by atoms with E-state index in [1.54, 1.807) is 6.20 Å². The summed E-state index contributed by atoms with van der Waals surface area (Å²) < 4.78 is 0. The summed E-state index contributed by atoms with van der Waals surface area (Å²) in [6, 6.07) is 1.83. The maximum Gasteiger partial charge on any atom is 0.317 e. The fourth-order valence-corrected chi connectivity index (χ4v) is 1.94. The van der Waals surface area contributed by atoms with Crippen LogP contribution in [0.5, 0.6) is 0 Å². The first kappa shape index (κ1) is 11.6. The number of anilines is 2. The molecular weight excluding hydrogens is 222 g/mol. The van der Waals surface area contributed by atoms with Crippen molar-refractivity contribution in [2.24, 2.45) is 0 Å². The lowest BCUT2D eigenvalue weighted by Crippen LogP contribution is -2.48. The Kier molecular flexibility index (Phi) is 3.38. The monoisotopic (exact) mass is 237 g/mol. The molecule has 0 bridgehead atoms. The van der Waals surface area contributed by atoms with Gasteiger partial charge in [-0.1, -0.05) is 0 Å². The van der Waals surface area contributed by atoms with Gasteiger partial charge in [-0.3, -0.25) is 9.69 Å². The summed E-state index contributed by atoms with van der Waals surface area (Å²) in [6.07, 6.45) is 1.61. The van der Waals surface area contributed by atoms with Crippen LogP contribution < -0.4 is 10.6 Å². The predicted octanol–water partition coefficient (Wildman–Crippen LogP) is -0.735. The third-order valence-corrected chi connectivity index (χ3v) is 2.80. The Balaban J connectivity index is 1.95. The normalized spacial score (nSPS) is 17.1. The summed E-state index contributed by atoms with van der Waals surface area (Å²) in [4.78, 5) is 14.6. The zero-order valence-corrected chi connectivity index (χ0v) is 9.41. The fourth-order valence-electron chi connectivity index (χ4n) is 1.94. The topological polar surface area (TPSA) is 95.6 Å². The van der Waals surface area contributed by atoms with Gasteiger partial charge in [-0.25, -0.2) is 0 Å². The minimum atomic E-state index is -0.788. The van der Waals surface area contributed by atoms with Gasteiger partial charge in [0.15, 0.2) is 5.82 Å². The number of piperazine rings is 1. The number of rotatable bonds is 3. The number of carboxylic acids is 1. The molecule has 1 saturated heterocycles. The highest BCUT2D eigenvalue weighted by Crippen LogP contribution is 2.20. The number of nitrogens with two attached hydrogens (primary N) is 1. The minimum Gasteiger partial charge on any atom is -0.480 e. The maximum absolute atomic E-state index is 10.6. The van der Waals surface area contributed by atoms with E-state index in [4.69, 9.17) is 10.8 Å². The molecule has 0 atom stereocenters. The fraction of sp³-hybridized carbons (Fsp3) is 0.500. The van der Waals surface area contributed by atoms with E-state index in [1.165, 1.54) is 0 Å². The van der Waals surface area contributed by atoms with E-state index in [9.17, 15) is 4.79 Å². The summed E-state index contributed by atoms with van der Waals surface area (Å²) in [5.74, 6) is -0.372. The molecule has 0 aromatic carbocycles. The molecule has 0 radical (unpaired) electrons. The van der Waals surface area contributed by atoms with Gasteiger partial charge in [0.1, 0.15) is 0 Å². The zero-order valence-electron chi connectivity index (χ0n) is 9.41. The molecule has 0 saturated carbocycles. The van der Waals surface area contributed by atoms with Crippen molar-refractivity contribution in [3.63, 3.8) is 0 Å². The Labute approximate surface area is 98.8 Å². The van der Waals surface area contributed by atoms with Crippen molar-refractivity contribution in [2.75, 3.05) is 43.4 Å². The Morgan fingerprint density at radius 2 is 2.12 bits per heavy atom. The van der Waals surface area contributed by atoms with Crippen LogP contribution in [0.2, 0.25) is 0 Å². The first-order chi connectivity index (χ1) is 8.16. The molecule has 0 amide bonds. The van der Waals surface area contributed by atoms with Gasteiger partial charge < -0.3 is 15.7 Å². The van der Waals surface area contributed by atoms with Crippen molar-refractivity contribution < 1.29 is 9.90 Å². The van der Waals surface area contributed by atoms with Gasteiger partial charge in [0.05, 0.1) is 18.4 Å². The summed E-state index contributed by atoms with van der Waals surface area (Å²) >= 11 is 0. The zero-order chi connectivity index (χ0) is 12.3. The van der Waals surface area contributed by atoms with Crippen LogP contribution in [-0.4, -0.2) is 58.9 Å². The van der Waals surface area contributed by atoms with E-state index < -0.39 is 5.97 Å². The van der Waals surface area contributed by atoms with Gasteiger partial charge in [0.25, 0.3) is 0 Å². The first-order valence-electron chi connectivity index (χ1n) is 5.43. The third-order valence-electron chi connectivity index (χ3n) is 2.80. The van der Waals surface area contributed by atoms with Crippen molar-refractivity contribution in [3.8, 4) is 0 Å². The van der Waals surface area contributed by atoms with Crippen LogP contribution in [0.1, 0.15) is 0 Å². The summed E-state index contributed by atoms with van der Waals surface area (Å²) in [7, 11) is 0. The van der Waals surface area contributed by atoms with Crippen molar-refractivity contribution in [1.29, 1.82) is 0 Å². The molecule has 7 heteroatoms. The number of aromatic nitrogens is 2. The molecule has 0 unspecified atom stereocenters. The molecule has 0 aliphatic carbocycles. The Morgan fingerprint density at radius 1 is 1.41 bits per heavy atom. The van der Waals surface area contributed by atoms with E-state index >= 15 is 0 Å². The maximum atomic E-state index is 10.6. The van der Waals surface area contributed by atoms with E-state index in [-0.39, 0.29) is 6.54 Å². The molecular formula is C10H15N5O2. The molecule has 1 aliphatic rings. The lowest BCUT2D eigenvalue weighted by atomic mass is 10.2. The number of hydrogen-bond donors (Lipinski definition) is 2. The molecule has 1 aromatic heterocycles. The number of carbonyl (C=O) groups is 1. The van der Waals surface area contributed by atoms with E-state index in [2.05, 4.69) is 15.1 Å². The van der Waals surface area contributed by atoms with E-state index in [1.807, 2.05) is 11.0 Å². The summed E-state index contributed by atoms with van der Waals surface area (Å²) in [5.41, 5.74) is 6.61. The first-order valence-corrected chi connectivity index (χ1v) is 5.43. The van der Waals surface area contributed by atoms with Crippen LogP contribution in [0, 0.1) is 0 Å². The van der Waals surface area contributed by atoms with Gasteiger partial charge in [0, 0.05) is 26.2 Å². The highest BCUT2D eigenvalue weighted by atomic mass is 16.4. The van der Waals surface area contributed by atoms with Crippen molar-refractivity contribution in [1.82, 2.24) is 15.1 Å². The predicted molar refractivity (Wildman–Crippen MR) is 62.7 cm³/mol. The Bertz CT molecular complexity index is 403. The van der Waals surface area contributed by atoms with Crippen LogP contribution in [-0.2, 0) is 4.79 Å². The van der Waals surface area contributed by atoms with Gasteiger partial charge in [-0.2, -0.15) is 5.10 Å². The Hall–Kier alpha value is -1.89. The lowest BCUT2D eigenvalue weighted by Gasteiger charge is -2.35. The van der Waals surface area contributed by atoms with Crippen molar-refractivity contribution in [3.05, 3.63) is 12.3 Å². The van der Waals surface area contributed by atoms with Crippen molar-refractivity contribution in [2.45, 2.75) is 0 Å². The molecule has 1 aliphatic heterocycles. The van der Waals surface area contributed by atoms with Gasteiger partial charge in [0.2, 0.25) is 0 Å². The molecule has 0 spiro atoms. The van der Waals surface area contributed by atoms with Gasteiger partial charge in [-0.05, 0) is 6.07 Å². The lowest BCUT2D eigenvalue weighted by molar-refractivity contribution is -0.138. The van der Waals surface area contributed by atoms with Gasteiger partial charge >= 0.3 is 5.97 Å². The molecule has 3 N–H and O–H groups in total. The minimum absolute atomic E-state index is 0.0952. The van der Waals surface area contributed by atoms with Crippen LogP contribution in [0.15, 0.2) is 12.3 Å². The quantitative estimate of drug-likeness (QED) is 0.715. The van der Waals surface area contributed by atoms with Gasteiger partial charge in [-0.15, -0.1) is 5.10 Å². The number of carboxylic acid groups (broad SMARTS) is 1. The molecule has 2 heterocycles. The van der Waals surface area contributed by atoms with Crippen LogP contribution >= 0.6 is 0 Å². The largest absolute Gasteiger partial charge is 0.480 e. The van der Waals surface area contributed by atoms with Crippen LogP contribution in [0.4, 0.5) is 11.5 Å². The van der Waals surface area contributed by atoms with E-state index in [0.29, 0.717) is 18.9 Å². The average molecular weight is 237 g/mol. The number of nitrogens with zero attached hydrogens (tertiary/aromatic N) is 4. The average Bonchev–Trinajstić information content (AvgIpc) is 2.30. The molecule has 1 fully saturated rings. The second-order valence-corrected chi connectivity index (χ2v) is 3.96. The van der Waals surface area contributed by atoms with Crippen molar-refractivity contribution >= 4 is 17.5 Å². The standard InChI is InChI=1S/C10H15N5O2/c11-10-8(1-2-12-13-10)15-5-3-14(4-6-15)7-9(16)17/h1-2H,3-7H2,(H2,11,13)(H,16,17). The summed E-state index contributed by atoms with van der Waals surface area (Å²) in [6.45, 7) is 3.03. The molecule has 2 rings (SSSR count). The molecule has 1 aromatic rings. The molecule has 7 nitrogen and oxygen atoms in total. The summed E-state index contributed by atoms with van der Waals surface area (Å²) in [5, 5.41) is 16.2. The molecule has 92 valence electrons. The number of hydrogen-bond acceptors (Lipinski definition) is 6. The Morgan fingerprint density at radius 3 is 2.71 bits per heavy atom. The smallest absolute Gasteiger partial charge is 0.317 e. The highest BCUT2D eigenvalue weighted by Gasteiger charge is 2.20. The SMILES string of the molecule is Nc1nnccc1N1CCN(CC(=O)O)CC1. The second kappa shape index (κ2) is 4.96.